The van der Waals surface area contributed by atoms with Gasteiger partial charge < -0.3 is 37.9 Å². The number of esters is 6. The summed E-state index contributed by atoms with van der Waals surface area (Å²) in [6.45, 7) is 11.2. The first-order valence-corrected chi connectivity index (χ1v) is 15.1. The third-order valence-electron chi connectivity index (χ3n) is 10.1. The third kappa shape index (κ3) is 5.19. The Morgan fingerprint density at radius 3 is 2.04 bits per heavy atom. The van der Waals surface area contributed by atoms with Gasteiger partial charge >= 0.3 is 35.8 Å². The molecule has 5 aliphatic rings. The Labute approximate surface area is 260 Å². The van der Waals surface area contributed by atoms with Gasteiger partial charge in [0.2, 0.25) is 0 Å². The smallest absolute Gasteiger partial charge is 0.342 e. The maximum absolute atomic E-state index is 13.4. The molecule has 0 aromatic heterocycles. The van der Waals surface area contributed by atoms with Crippen molar-refractivity contribution in [2.75, 3.05) is 6.61 Å². The number of carbonyl (C=O) groups excluding carboxylic acids is 6. The molecule has 0 N–H and O–H groups in total. The minimum absolute atomic E-state index is 0.0108. The van der Waals surface area contributed by atoms with Gasteiger partial charge in [-0.2, -0.15) is 0 Å². The van der Waals surface area contributed by atoms with Gasteiger partial charge in [-0.3, -0.25) is 24.0 Å². The number of carbonyl (C=O) groups is 6. The van der Waals surface area contributed by atoms with Crippen molar-refractivity contribution in [3.05, 3.63) is 11.6 Å². The summed E-state index contributed by atoms with van der Waals surface area (Å²) in [4.78, 5) is 76.2. The van der Waals surface area contributed by atoms with Crippen molar-refractivity contribution in [3.63, 3.8) is 0 Å². The Morgan fingerprint density at radius 1 is 0.867 bits per heavy atom. The minimum atomic E-state index is -1.63. The van der Waals surface area contributed by atoms with E-state index in [0.717, 1.165) is 0 Å². The van der Waals surface area contributed by atoms with Crippen LogP contribution in [0.25, 0.3) is 0 Å². The molecule has 0 radical (unpaired) electrons. The summed E-state index contributed by atoms with van der Waals surface area (Å²) in [5.74, 6) is -4.85. The van der Waals surface area contributed by atoms with Crippen molar-refractivity contribution in [2.45, 2.75) is 128 Å². The average molecular weight is 637 g/mol. The first kappa shape index (κ1) is 32.9. The maximum Gasteiger partial charge on any atom is 0.342 e. The summed E-state index contributed by atoms with van der Waals surface area (Å²) >= 11 is 0. The van der Waals surface area contributed by atoms with E-state index in [4.69, 9.17) is 37.9 Å². The highest BCUT2D eigenvalue weighted by Gasteiger charge is 2.89. The molecule has 11 atom stereocenters. The lowest BCUT2D eigenvalue weighted by atomic mass is 9.53. The molecular formula is C31H40O14. The molecule has 45 heavy (non-hydrogen) atoms. The summed E-state index contributed by atoms with van der Waals surface area (Å²) in [6, 6.07) is 0. The molecule has 0 amide bonds. The van der Waals surface area contributed by atoms with Gasteiger partial charge in [0.1, 0.15) is 31.0 Å². The Hall–Kier alpha value is -3.52. The Balaban J connectivity index is 1.81. The first-order valence-electron chi connectivity index (χ1n) is 15.1. The van der Waals surface area contributed by atoms with Gasteiger partial charge in [0.15, 0.2) is 17.3 Å². The van der Waals surface area contributed by atoms with E-state index >= 15 is 0 Å². The lowest BCUT2D eigenvalue weighted by molar-refractivity contribution is -0.216. The highest BCUT2D eigenvalue weighted by molar-refractivity contribution is 5.89. The summed E-state index contributed by atoms with van der Waals surface area (Å²) < 4.78 is 47.6. The van der Waals surface area contributed by atoms with E-state index in [0.29, 0.717) is 0 Å². The van der Waals surface area contributed by atoms with Gasteiger partial charge in [-0.25, -0.2) is 4.79 Å². The molecule has 1 saturated carbocycles. The van der Waals surface area contributed by atoms with Gasteiger partial charge in [0.25, 0.3) is 0 Å². The molecule has 4 fully saturated rings. The van der Waals surface area contributed by atoms with Crippen LogP contribution in [-0.2, 0) is 66.7 Å². The molecule has 14 heteroatoms. The first-order chi connectivity index (χ1) is 20.9. The van der Waals surface area contributed by atoms with E-state index in [1.165, 1.54) is 40.7 Å². The molecular weight excluding hydrogens is 596 g/mol. The van der Waals surface area contributed by atoms with E-state index in [1.54, 1.807) is 13.8 Å². The summed E-state index contributed by atoms with van der Waals surface area (Å²) in [7, 11) is 0. The monoisotopic (exact) mass is 636 g/mol. The van der Waals surface area contributed by atoms with Crippen LogP contribution in [0.4, 0.5) is 0 Å². The predicted molar refractivity (Wildman–Crippen MR) is 148 cm³/mol. The van der Waals surface area contributed by atoms with Crippen LogP contribution in [0.2, 0.25) is 0 Å². The van der Waals surface area contributed by atoms with Crippen LogP contribution in [0.15, 0.2) is 11.6 Å². The van der Waals surface area contributed by atoms with Gasteiger partial charge in [-0.1, -0.05) is 13.8 Å². The Kier molecular flexibility index (Phi) is 8.09. The van der Waals surface area contributed by atoms with E-state index in [1.807, 2.05) is 6.92 Å². The topological polar surface area (TPSA) is 183 Å². The van der Waals surface area contributed by atoms with Crippen molar-refractivity contribution < 1.29 is 66.7 Å². The number of hydrogen-bond donors (Lipinski definition) is 0. The Bertz CT molecular complexity index is 1360. The molecule has 14 nitrogen and oxygen atoms in total. The molecule has 0 aromatic carbocycles. The van der Waals surface area contributed by atoms with Crippen molar-refractivity contribution in [1.29, 1.82) is 0 Å². The summed E-state index contributed by atoms with van der Waals surface area (Å²) in [6.07, 6.45) is -4.66. The minimum Gasteiger partial charge on any atom is -0.462 e. The van der Waals surface area contributed by atoms with E-state index < -0.39 is 101 Å². The van der Waals surface area contributed by atoms with Crippen molar-refractivity contribution >= 4 is 35.8 Å². The van der Waals surface area contributed by atoms with Gasteiger partial charge in [-0.15, -0.1) is 0 Å². The second kappa shape index (κ2) is 11.1. The molecule has 3 heterocycles. The molecule has 2 aliphatic carbocycles. The molecule has 0 bridgehead atoms. The van der Waals surface area contributed by atoms with Crippen molar-refractivity contribution in [1.82, 2.24) is 0 Å². The average Bonchev–Trinajstić information content (AvgIpc) is 3.77. The van der Waals surface area contributed by atoms with Crippen LogP contribution >= 0.6 is 0 Å². The highest BCUT2D eigenvalue weighted by Crippen LogP contribution is 2.69. The predicted octanol–water partition coefficient (Wildman–Crippen LogP) is 1.63. The lowest BCUT2D eigenvalue weighted by Gasteiger charge is -2.54. The third-order valence-corrected chi connectivity index (χ3v) is 10.1. The standard InChI is InChI=1S/C31H40O14/c1-9-24(36)42-20-11-19(39-15(3)33)18(13-38-14(2)32)10-23-31(30(8,45-31)27(37)43-23)26(41-17(5)35)25-28(20,6)21(40-16(4)34)12-22-29(25,7)44-22/h10,19-23,25-26H,9,11-13H2,1-8H3/b18-10+. The molecule has 0 aromatic rings. The lowest BCUT2D eigenvalue weighted by Crippen LogP contribution is -2.66. The second-order valence-corrected chi connectivity index (χ2v) is 12.9. The van der Waals surface area contributed by atoms with E-state index in [2.05, 4.69) is 0 Å². The van der Waals surface area contributed by atoms with Gasteiger partial charge in [-0.05, 0) is 19.9 Å². The molecule has 5 rings (SSSR count). The van der Waals surface area contributed by atoms with Crippen LogP contribution < -0.4 is 0 Å². The number of ether oxygens (including phenoxy) is 8. The maximum atomic E-state index is 13.4. The van der Waals surface area contributed by atoms with Gasteiger partial charge in [0, 0.05) is 58.4 Å². The number of fused-ring (bicyclic) bond motifs is 3. The van der Waals surface area contributed by atoms with Crippen LogP contribution in [0.1, 0.15) is 74.7 Å². The van der Waals surface area contributed by atoms with Crippen molar-refractivity contribution in [3.8, 4) is 0 Å². The van der Waals surface area contributed by atoms with E-state index in [9.17, 15) is 28.8 Å². The summed E-state index contributed by atoms with van der Waals surface area (Å²) in [5.41, 5.74) is -5.40. The molecule has 3 aliphatic heterocycles. The number of hydrogen-bond acceptors (Lipinski definition) is 14. The normalized spacial score (nSPS) is 43.7. The largest absolute Gasteiger partial charge is 0.462 e. The second-order valence-electron chi connectivity index (χ2n) is 12.9. The fourth-order valence-electron chi connectivity index (χ4n) is 7.86. The van der Waals surface area contributed by atoms with Crippen LogP contribution in [0.5, 0.6) is 0 Å². The number of rotatable bonds is 7. The SMILES string of the molecule is CCC(=O)OC1CC(OC(C)=O)/C(COC(C)=O)=C/C2OC(=O)C3(C)OC23C(OC(C)=O)C2C3(C)OC3CC(OC(C)=O)C12C. The van der Waals surface area contributed by atoms with Crippen LogP contribution in [-0.4, -0.2) is 95.8 Å². The molecule has 11 unspecified atom stereocenters. The van der Waals surface area contributed by atoms with E-state index in [-0.39, 0.29) is 31.4 Å². The summed E-state index contributed by atoms with van der Waals surface area (Å²) in [5, 5.41) is 0. The zero-order valence-corrected chi connectivity index (χ0v) is 26.7. The van der Waals surface area contributed by atoms with Crippen LogP contribution in [0, 0.1) is 11.3 Å². The molecule has 3 saturated heterocycles. The molecule has 248 valence electrons. The highest BCUT2D eigenvalue weighted by atomic mass is 16.7. The fraction of sp³-hybridized carbons (Fsp3) is 0.742. The van der Waals surface area contributed by atoms with Crippen LogP contribution in [0.3, 0.4) is 0 Å². The quantitative estimate of drug-likeness (QED) is 0.170. The van der Waals surface area contributed by atoms with Gasteiger partial charge in [0.05, 0.1) is 17.1 Å². The molecule has 1 spiro atoms. The van der Waals surface area contributed by atoms with Crippen molar-refractivity contribution in [2.24, 2.45) is 11.3 Å². The Morgan fingerprint density at radius 2 is 1.49 bits per heavy atom. The number of epoxide rings is 2. The zero-order chi connectivity index (χ0) is 33.3. The zero-order valence-electron chi connectivity index (χ0n) is 26.7. The fourth-order valence-corrected chi connectivity index (χ4v) is 7.86.